The number of carbonyl (C=O) groups is 2. The lowest BCUT2D eigenvalue weighted by Gasteiger charge is -2.08. The molecule has 0 bridgehead atoms. The Morgan fingerprint density at radius 3 is 2.21 bits per heavy atom. The van der Waals surface area contributed by atoms with E-state index in [0.717, 1.165) is 41.6 Å². The molecule has 1 N–H and O–H groups in total. The molecular weight excluding hydrogens is 422 g/mol. The molecule has 1 amide bonds. The predicted molar refractivity (Wildman–Crippen MR) is 114 cm³/mol. The lowest BCUT2D eigenvalue weighted by molar-refractivity contribution is -0.137. The van der Waals surface area contributed by atoms with Gasteiger partial charge in [0.2, 0.25) is 0 Å². The van der Waals surface area contributed by atoms with Gasteiger partial charge < -0.3 is 14.8 Å². The van der Waals surface area contributed by atoms with Crippen LogP contribution in [0.15, 0.2) is 65.7 Å². The number of ether oxygens (including phenoxy) is 2. The summed E-state index contributed by atoms with van der Waals surface area (Å²) in [7, 11) is 0. The summed E-state index contributed by atoms with van der Waals surface area (Å²) < 4.78 is 11.6. The normalized spacial score (nSPS) is 10.2. The smallest absolute Gasteiger partial charge is 0.330 e. The minimum Gasteiger partial charge on any atom is -0.494 e. The van der Waals surface area contributed by atoms with Crippen LogP contribution in [-0.4, -0.2) is 25.1 Å². The van der Waals surface area contributed by atoms with Crippen molar-refractivity contribution in [2.75, 3.05) is 18.5 Å². The van der Waals surface area contributed by atoms with Crippen molar-refractivity contribution < 1.29 is 19.1 Å². The number of amides is 1. The molecule has 0 aliphatic carbocycles. The first-order valence-corrected chi connectivity index (χ1v) is 9.97. The molecule has 28 heavy (non-hydrogen) atoms. The highest BCUT2D eigenvalue weighted by Gasteiger charge is 2.06. The molecule has 0 unspecified atom stereocenters. The minimum absolute atomic E-state index is 0.161. The van der Waals surface area contributed by atoms with E-state index in [0.29, 0.717) is 18.8 Å². The van der Waals surface area contributed by atoms with Gasteiger partial charge in [0.05, 0.1) is 13.2 Å². The van der Waals surface area contributed by atoms with Crippen LogP contribution in [0.1, 0.15) is 36.0 Å². The van der Waals surface area contributed by atoms with Crippen LogP contribution in [0.5, 0.6) is 5.75 Å². The maximum absolute atomic E-state index is 12.3. The van der Waals surface area contributed by atoms with E-state index in [-0.39, 0.29) is 11.9 Å². The molecule has 0 fully saturated rings. The van der Waals surface area contributed by atoms with E-state index in [4.69, 9.17) is 9.47 Å². The Bertz CT molecular complexity index is 772. The highest BCUT2D eigenvalue weighted by molar-refractivity contribution is 9.10. The number of nitrogens with one attached hydrogen (secondary N) is 1. The van der Waals surface area contributed by atoms with Crippen molar-refractivity contribution in [1.82, 2.24) is 0 Å². The van der Waals surface area contributed by atoms with Crippen molar-refractivity contribution in [3.63, 3.8) is 0 Å². The summed E-state index contributed by atoms with van der Waals surface area (Å²) in [6.07, 6.45) is 4.90. The van der Waals surface area contributed by atoms with Crippen LogP contribution in [-0.2, 0) is 9.53 Å². The van der Waals surface area contributed by atoms with Gasteiger partial charge in [0.15, 0.2) is 0 Å². The van der Waals surface area contributed by atoms with Crippen molar-refractivity contribution >= 4 is 33.5 Å². The van der Waals surface area contributed by atoms with Gasteiger partial charge in [-0.25, -0.2) is 4.79 Å². The quantitative estimate of drug-likeness (QED) is 0.286. The lowest BCUT2D eigenvalue weighted by Crippen LogP contribution is -2.11. The molecule has 0 atom stereocenters. The molecule has 0 saturated heterocycles. The van der Waals surface area contributed by atoms with E-state index in [1.165, 1.54) is 6.08 Å². The fraction of sp³-hybridized carbons (Fsp3) is 0.273. The van der Waals surface area contributed by atoms with Crippen molar-refractivity contribution in [3.8, 4) is 5.75 Å². The SMILES string of the molecule is C=CC(=O)OCCCCCCOc1ccc(C(=O)Nc2ccc(Br)cc2)cc1. The maximum atomic E-state index is 12.3. The van der Waals surface area contributed by atoms with Crippen LogP contribution in [0.4, 0.5) is 5.69 Å². The van der Waals surface area contributed by atoms with Gasteiger partial charge in [-0.2, -0.15) is 0 Å². The third kappa shape index (κ3) is 7.96. The van der Waals surface area contributed by atoms with E-state index in [1.807, 2.05) is 24.3 Å². The molecule has 2 aromatic carbocycles. The molecule has 5 nitrogen and oxygen atoms in total. The highest BCUT2D eigenvalue weighted by atomic mass is 79.9. The summed E-state index contributed by atoms with van der Waals surface area (Å²) >= 11 is 3.37. The Hall–Kier alpha value is -2.60. The van der Waals surface area contributed by atoms with Gasteiger partial charge in [0.25, 0.3) is 5.91 Å². The van der Waals surface area contributed by atoms with Gasteiger partial charge in [0, 0.05) is 21.8 Å². The summed E-state index contributed by atoms with van der Waals surface area (Å²) in [6.45, 7) is 4.38. The van der Waals surface area contributed by atoms with E-state index >= 15 is 0 Å². The van der Waals surface area contributed by atoms with Crippen molar-refractivity contribution in [2.24, 2.45) is 0 Å². The van der Waals surface area contributed by atoms with Crippen LogP contribution in [0.2, 0.25) is 0 Å². The van der Waals surface area contributed by atoms with Crippen molar-refractivity contribution in [2.45, 2.75) is 25.7 Å². The molecule has 0 radical (unpaired) electrons. The molecule has 0 spiro atoms. The second kappa shape index (κ2) is 12.0. The molecule has 148 valence electrons. The molecule has 0 saturated carbocycles. The first-order chi connectivity index (χ1) is 13.6. The van der Waals surface area contributed by atoms with Crippen molar-refractivity contribution in [1.29, 1.82) is 0 Å². The number of rotatable bonds is 11. The van der Waals surface area contributed by atoms with E-state index in [2.05, 4.69) is 27.8 Å². The van der Waals surface area contributed by atoms with E-state index in [1.54, 1.807) is 24.3 Å². The van der Waals surface area contributed by atoms with E-state index < -0.39 is 0 Å². The fourth-order valence-corrected chi connectivity index (χ4v) is 2.68. The average molecular weight is 446 g/mol. The second-order valence-corrected chi connectivity index (χ2v) is 7.04. The number of hydrogen-bond acceptors (Lipinski definition) is 4. The third-order valence-electron chi connectivity index (χ3n) is 3.94. The zero-order valence-corrected chi connectivity index (χ0v) is 17.2. The van der Waals surface area contributed by atoms with E-state index in [9.17, 15) is 9.59 Å². The summed E-state index contributed by atoms with van der Waals surface area (Å²) in [5.74, 6) is 0.198. The Labute approximate surface area is 173 Å². The minimum atomic E-state index is -0.377. The topological polar surface area (TPSA) is 64.6 Å². The number of carbonyl (C=O) groups excluding carboxylic acids is 2. The first-order valence-electron chi connectivity index (χ1n) is 9.17. The van der Waals surface area contributed by atoms with Gasteiger partial charge in [-0.15, -0.1) is 0 Å². The maximum Gasteiger partial charge on any atom is 0.330 e. The summed E-state index contributed by atoms with van der Waals surface area (Å²) in [5.41, 5.74) is 1.32. The average Bonchev–Trinajstić information content (AvgIpc) is 2.71. The van der Waals surface area contributed by atoms with Crippen molar-refractivity contribution in [3.05, 3.63) is 71.2 Å². The highest BCUT2D eigenvalue weighted by Crippen LogP contribution is 2.17. The zero-order chi connectivity index (χ0) is 20.2. The van der Waals surface area contributed by atoms with Gasteiger partial charge in [-0.05, 0) is 74.2 Å². The molecule has 2 aromatic rings. The standard InChI is InChI=1S/C22H24BrNO4/c1-2-21(25)28-16-6-4-3-5-15-27-20-13-7-17(8-14-20)22(26)24-19-11-9-18(23)10-12-19/h2,7-14H,1,3-6,15-16H2,(H,24,26). The Morgan fingerprint density at radius 2 is 1.57 bits per heavy atom. The Morgan fingerprint density at radius 1 is 0.929 bits per heavy atom. The van der Waals surface area contributed by atoms with Crippen LogP contribution in [0.3, 0.4) is 0 Å². The van der Waals surface area contributed by atoms with Crippen LogP contribution in [0, 0.1) is 0 Å². The van der Waals surface area contributed by atoms with Gasteiger partial charge in [0.1, 0.15) is 5.75 Å². The first kappa shape index (κ1) is 21.7. The second-order valence-electron chi connectivity index (χ2n) is 6.12. The monoisotopic (exact) mass is 445 g/mol. The number of hydrogen-bond donors (Lipinski definition) is 1. The molecule has 6 heteroatoms. The number of halogens is 1. The Kier molecular flexibility index (Phi) is 9.28. The number of unbranched alkanes of at least 4 members (excludes halogenated alkanes) is 3. The summed E-state index contributed by atoms with van der Waals surface area (Å²) in [5, 5.41) is 2.85. The van der Waals surface area contributed by atoms with Crippen LogP contribution < -0.4 is 10.1 Å². The fourth-order valence-electron chi connectivity index (χ4n) is 2.42. The molecule has 0 heterocycles. The zero-order valence-electron chi connectivity index (χ0n) is 15.7. The largest absolute Gasteiger partial charge is 0.494 e. The number of esters is 1. The van der Waals surface area contributed by atoms with Crippen LogP contribution in [0.25, 0.3) is 0 Å². The lowest BCUT2D eigenvalue weighted by atomic mass is 10.2. The predicted octanol–water partition coefficient (Wildman–Crippen LogP) is 5.37. The molecule has 0 aromatic heterocycles. The summed E-state index contributed by atoms with van der Waals surface area (Å²) in [6, 6.07) is 14.5. The van der Waals surface area contributed by atoms with Gasteiger partial charge >= 0.3 is 5.97 Å². The summed E-state index contributed by atoms with van der Waals surface area (Å²) in [4.78, 5) is 23.1. The van der Waals surface area contributed by atoms with Gasteiger partial charge in [-0.3, -0.25) is 4.79 Å². The molecule has 0 aliphatic rings. The molecule has 0 aliphatic heterocycles. The number of benzene rings is 2. The Balaban J connectivity index is 1.64. The number of anilines is 1. The van der Waals surface area contributed by atoms with Gasteiger partial charge in [-0.1, -0.05) is 22.5 Å². The molecule has 2 rings (SSSR count). The molecular formula is C22H24BrNO4. The third-order valence-corrected chi connectivity index (χ3v) is 4.47. The van der Waals surface area contributed by atoms with Crippen LogP contribution >= 0.6 is 15.9 Å².